The Kier molecular flexibility index (Phi) is 4.61. The van der Waals surface area contributed by atoms with Crippen LogP contribution < -0.4 is 10.1 Å². The van der Waals surface area contributed by atoms with Crippen molar-refractivity contribution >= 4 is 5.91 Å². The van der Waals surface area contributed by atoms with Crippen molar-refractivity contribution in [1.29, 1.82) is 0 Å². The fourth-order valence-electron chi connectivity index (χ4n) is 2.45. The first-order chi connectivity index (χ1) is 11.7. The van der Waals surface area contributed by atoms with Crippen LogP contribution in [0.15, 0.2) is 65.4 Å². The second-order valence-electron chi connectivity index (χ2n) is 5.36. The Morgan fingerprint density at radius 3 is 2.50 bits per heavy atom. The molecular formula is C19H18N2O3. The number of nitrogens with zero attached hydrogens (tertiary/aromatic N) is 1. The molecule has 0 aliphatic carbocycles. The number of carbonyl (C=O) groups excluding carboxylic acids is 1. The molecule has 24 heavy (non-hydrogen) atoms. The Balaban J connectivity index is 1.80. The molecule has 0 spiro atoms. The van der Waals surface area contributed by atoms with Crippen molar-refractivity contribution < 1.29 is 13.9 Å². The highest BCUT2D eigenvalue weighted by atomic mass is 16.5. The van der Waals surface area contributed by atoms with Gasteiger partial charge in [-0.15, -0.1) is 0 Å². The Bertz CT molecular complexity index is 810. The van der Waals surface area contributed by atoms with Gasteiger partial charge in [0.05, 0.1) is 13.2 Å². The van der Waals surface area contributed by atoms with E-state index in [0.29, 0.717) is 5.76 Å². The number of methoxy groups -OCH3 is 1. The van der Waals surface area contributed by atoms with Gasteiger partial charge in [0.1, 0.15) is 5.75 Å². The lowest BCUT2D eigenvalue weighted by molar-refractivity contribution is 0.0935. The van der Waals surface area contributed by atoms with Crippen LogP contribution in [0.1, 0.15) is 29.0 Å². The molecule has 0 bridgehead atoms. The lowest BCUT2D eigenvalue weighted by atomic mass is 10.1. The van der Waals surface area contributed by atoms with Crippen molar-refractivity contribution in [2.24, 2.45) is 0 Å². The largest absolute Gasteiger partial charge is 0.497 e. The molecule has 1 unspecified atom stereocenters. The van der Waals surface area contributed by atoms with Crippen LogP contribution >= 0.6 is 0 Å². The molecule has 0 saturated carbocycles. The lowest BCUT2D eigenvalue weighted by Gasteiger charge is -2.13. The average molecular weight is 322 g/mol. The lowest BCUT2D eigenvalue weighted by Crippen LogP contribution is -2.27. The maximum atomic E-state index is 12.5. The highest BCUT2D eigenvalue weighted by Crippen LogP contribution is 2.25. The molecule has 1 N–H and O–H groups in total. The smallest absolute Gasteiger partial charge is 0.274 e. The number of benzene rings is 2. The highest BCUT2D eigenvalue weighted by molar-refractivity contribution is 5.97. The minimum absolute atomic E-state index is 0.126. The van der Waals surface area contributed by atoms with Crippen LogP contribution in [0.4, 0.5) is 0 Å². The van der Waals surface area contributed by atoms with Crippen molar-refractivity contribution in [2.75, 3.05) is 7.11 Å². The molecule has 0 radical (unpaired) electrons. The van der Waals surface area contributed by atoms with Gasteiger partial charge in [-0.25, -0.2) is 4.98 Å². The predicted molar refractivity (Wildman–Crippen MR) is 90.8 cm³/mol. The Morgan fingerprint density at radius 1 is 1.12 bits per heavy atom. The second-order valence-corrected chi connectivity index (χ2v) is 5.36. The van der Waals surface area contributed by atoms with E-state index in [9.17, 15) is 4.79 Å². The zero-order valence-corrected chi connectivity index (χ0v) is 13.5. The van der Waals surface area contributed by atoms with E-state index < -0.39 is 0 Å². The van der Waals surface area contributed by atoms with Crippen LogP contribution in [0.5, 0.6) is 5.75 Å². The highest BCUT2D eigenvalue weighted by Gasteiger charge is 2.20. The molecular weight excluding hydrogens is 304 g/mol. The van der Waals surface area contributed by atoms with E-state index in [0.717, 1.165) is 16.9 Å². The van der Waals surface area contributed by atoms with Gasteiger partial charge in [-0.2, -0.15) is 0 Å². The molecule has 5 heteroatoms. The van der Waals surface area contributed by atoms with E-state index in [1.165, 1.54) is 6.39 Å². The fraction of sp³-hybridized carbons (Fsp3) is 0.158. The molecule has 0 aliphatic heterocycles. The molecule has 1 amide bonds. The maximum absolute atomic E-state index is 12.5. The van der Waals surface area contributed by atoms with E-state index in [-0.39, 0.29) is 17.6 Å². The van der Waals surface area contributed by atoms with Gasteiger partial charge in [-0.3, -0.25) is 4.79 Å². The first-order valence-electron chi connectivity index (χ1n) is 7.62. The van der Waals surface area contributed by atoms with Gasteiger partial charge in [-0.1, -0.05) is 30.3 Å². The molecule has 1 heterocycles. The van der Waals surface area contributed by atoms with Crippen LogP contribution in [-0.4, -0.2) is 18.0 Å². The maximum Gasteiger partial charge on any atom is 0.274 e. The topological polar surface area (TPSA) is 64.4 Å². The number of hydrogen-bond acceptors (Lipinski definition) is 4. The van der Waals surface area contributed by atoms with Gasteiger partial charge >= 0.3 is 0 Å². The SMILES string of the molecule is COc1ccc(-c2ocnc2C(=O)NC(C)c2ccccc2)cc1. The van der Waals surface area contributed by atoms with E-state index in [2.05, 4.69) is 10.3 Å². The molecule has 0 aliphatic rings. The Hall–Kier alpha value is -3.08. The molecule has 2 aromatic carbocycles. The monoisotopic (exact) mass is 322 g/mol. The van der Waals surface area contributed by atoms with Crippen LogP contribution in [0.3, 0.4) is 0 Å². The van der Waals surface area contributed by atoms with Gasteiger partial charge in [0, 0.05) is 5.56 Å². The van der Waals surface area contributed by atoms with Crippen LogP contribution in [0.2, 0.25) is 0 Å². The van der Waals surface area contributed by atoms with E-state index in [4.69, 9.17) is 9.15 Å². The number of oxazole rings is 1. The molecule has 0 fully saturated rings. The standard InChI is InChI=1S/C19H18N2O3/c1-13(14-6-4-3-5-7-14)21-19(22)17-18(24-12-20-17)15-8-10-16(23-2)11-9-15/h3-13H,1-2H3,(H,21,22). The molecule has 1 aromatic heterocycles. The van der Waals surface area contributed by atoms with E-state index in [1.54, 1.807) is 7.11 Å². The summed E-state index contributed by atoms with van der Waals surface area (Å²) in [4.78, 5) is 16.6. The Morgan fingerprint density at radius 2 is 1.83 bits per heavy atom. The third-order valence-corrected chi connectivity index (χ3v) is 3.78. The van der Waals surface area contributed by atoms with E-state index in [1.807, 2.05) is 61.5 Å². The van der Waals surface area contributed by atoms with Gasteiger partial charge in [0.25, 0.3) is 5.91 Å². The van der Waals surface area contributed by atoms with Crippen molar-refractivity contribution in [2.45, 2.75) is 13.0 Å². The number of ether oxygens (including phenoxy) is 1. The summed E-state index contributed by atoms with van der Waals surface area (Å²) in [5, 5.41) is 2.95. The summed E-state index contributed by atoms with van der Waals surface area (Å²) in [5.74, 6) is 0.906. The zero-order valence-electron chi connectivity index (χ0n) is 13.5. The minimum Gasteiger partial charge on any atom is -0.497 e. The van der Waals surface area contributed by atoms with Gasteiger partial charge in [0.2, 0.25) is 0 Å². The molecule has 3 aromatic rings. The summed E-state index contributed by atoms with van der Waals surface area (Å²) in [6, 6.07) is 16.9. The third kappa shape index (κ3) is 3.30. The summed E-state index contributed by atoms with van der Waals surface area (Å²) in [5.41, 5.74) is 2.06. The fourth-order valence-corrected chi connectivity index (χ4v) is 2.45. The van der Waals surface area contributed by atoms with E-state index >= 15 is 0 Å². The number of hydrogen-bond donors (Lipinski definition) is 1. The van der Waals surface area contributed by atoms with Crippen molar-refractivity contribution in [3.05, 3.63) is 72.2 Å². The average Bonchev–Trinajstić information content (AvgIpc) is 3.12. The summed E-state index contributed by atoms with van der Waals surface area (Å²) >= 11 is 0. The number of amides is 1. The minimum atomic E-state index is -0.272. The van der Waals surface area contributed by atoms with Crippen LogP contribution in [0, 0.1) is 0 Å². The van der Waals surface area contributed by atoms with Crippen molar-refractivity contribution in [3.8, 4) is 17.1 Å². The normalized spacial score (nSPS) is 11.8. The predicted octanol–water partition coefficient (Wildman–Crippen LogP) is 3.84. The zero-order chi connectivity index (χ0) is 16.9. The van der Waals surface area contributed by atoms with Crippen molar-refractivity contribution in [1.82, 2.24) is 10.3 Å². The summed E-state index contributed by atoms with van der Waals surface area (Å²) in [7, 11) is 1.60. The van der Waals surface area contributed by atoms with Crippen molar-refractivity contribution in [3.63, 3.8) is 0 Å². The second kappa shape index (κ2) is 7.00. The first-order valence-corrected chi connectivity index (χ1v) is 7.62. The first kappa shape index (κ1) is 15.8. The number of carbonyl (C=O) groups is 1. The quantitative estimate of drug-likeness (QED) is 0.775. The number of aromatic nitrogens is 1. The van der Waals surface area contributed by atoms with Gasteiger partial charge < -0.3 is 14.5 Å². The molecule has 3 rings (SSSR count). The summed E-state index contributed by atoms with van der Waals surface area (Å²) in [6.07, 6.45) is 1.28. The van der Waals surface area contributed by atoms with Gasteiger partial charge in [-0.05, 0) is 36.8 Å². The summed E-state index contributed by atoms with van der Waals surface area (Å²) < 4.78 is 10.6. The van der Waals surface area contributed by atoms with Crippen LogP contribution in [0.25, 0.3) is 11.3 Å². The molecule has 122 valence electrons. The number of rotatable bonds is 5. The third-order valence-electron chi connectivity index (χ3n) is 3.78. The molecule has 0 saturated heterocycles. The molecule has 5 nitrogen and oxygen atoms in total. The molecule has 1 atom stereocenters. The number of nitrogens with one attached hydrogen (secondary N) is 1. The Labute approximate surface area is 140 Å². The summed E-state index contributed by atoms with van der Waals surface area (Å²) in [6.45, 7) is 1.93. The van der Waals surface area contributed by atoms with Crippen LogP contribution in [-0.2, 0) is 0 Å². The van der Waals surface area contributed by atoms with Gasteiger partial charge in [0.15, 0.2) is 17.8 Å².